The molecule has 0 aliphatic heterocycles. The minimum atomic E-state index is -0.371. The summed E-state index contributed by atoms with van der Waals surface area (Å²) in [6.45, 7) is 5.95. The van der Waals surface area contributed by atoms with Crippen LogP contribution in [0.2, 0.25) is 5.15 Å². The van der Waals surface area contributed by atoms with Crippen LogP contribution in [0.1, 0.15) is 52.4 Å². The number of ether oxygens (including phenoxy) is 1. The van der Waals surface area contributed by atoms with E-state index in [1.807, 2.05) is 6.07 Å². The van der Waals surface area contributed by atoms with Crippen molar-refractivity contribution in [1.82, 2.24) is 15.3 Å². The summed E-state index contributed by atoms with van der Waals surface area (Å²) >= 11 is 6.29. The predicted octanol–water partition coefficient (Wildman–Crippen LogP) is 5.50. The molecule has 0 spiro atoms. The predicted molar refractivity (Wildman–Crippen MR) is 132 cm³/mol. The van der Waals surface area contributed by atoms with Gasteiger partial charge in [-0.25, -0.2) is 14.4 Å². The molecule has 3 N–H and O–H groups in total. The van der Waals surface area contributed by atoms with Crippen LogP contribution in [0.15, 0.2) is 24.5 Å². The number of aromatic nitrogens is 2. The summed E-state index contributed by atoms with van der Waals surface area (Å²) < 4.78 is 19.9. The summed E-state index contributed by atoms with van der Waals surface area (Å²) in [5, 5.41) is 10.9. The molecule has 1 atom stereocenters. The van der Waals surface area contributed by atoms with E-state index in [2.05, 4.69) is 39.8 Å². The summed E-state index contributed by atoms with van der Waals surface area (Å²) in [4.78, 5) is 8.57. The molecule has 0 bridgehead atoms. The second-order valence-electron chi connectivity index (χ2n) is 9.99. The van der Waals surface area contributed by atoms with Crippen LogP contribution in [-0.2, 0) is 4.74 Å². The molecule has 2 aliphatic rings. The van der Waals surface area contributed by atoms with E-state index >= 15 is 0 Å². The monoisotopic (exact) mass is 475 g/mol. The van der Waals surface area contributed by atoms with Gasteiger partial charge in [0.1, 0.15) is 11.6 Å². The van der Waals surface area contributed by atoms with E-state index in [0.717, 1.165) is 44.5 Å². The van der Waals surface area contributed by atoms with Gasteiger partial charge in [-0.2, -0.15) is 0 Å². The normalized spacial score (nSPS) is 22.6. The molecule has 2 aromatic rings. The first-order chi connectivity index (χ1) is 15.8. The highest BCUT2D eigenvalue weighted by Gasteiger charge is 2.36. The van der Waals surface area contributed by atoms with Gasteiger partial charge in [-0.05, 0) is 63.0 Å². The Bertz CT molecular complexity index is 946. The zero-order valence-corrected chi connectivity index (χ0v) is 20.5. The third-order valence-corrected chi connectivity index (χ3v) is 7.13. The molecule has 0 saturated heterocycles. The van der Waals surface area contributed by atoms with Gasteiger partial charge in [-0.15, -0.1) is 0 Å². The molecule has 2 saturated carbocycles. The van der Waals surface area contributed by atoms with Crippen LogP contribution in [-0.4, -0.2) is 48.4 Å². The lowest BCUT2D eigenvalue weighted by Gasteiger charge is -2.31. The minimum Gasteiger partial charge on any atom is -0.383 e. The molecule has 0 aromatic carbocycles. The lowest BCUT2D eigenvalue weighted by molar-refractivity contribution is 0.161. The summed E-state index contributed by atoms with van der Waals surface area (Å²) in [7, 11) is 1.73. The number of nitrogens with one attached hydrogen (secondary N) is 3. The number of rotatable bonds is 10. The molecular weight excluding hydrogens is 441 g/mol. The molecule has 8 heteroatoms. The Labute approximate surface area is 201 Å². The van der Waals surface area contributed by atoms with Gasteiger partial charge in [0.15, 0.2) is 5.15 Å². The van der Waals surface area contributed by atoms with Crippen molar-refractivity contribution in [3.05, 3.63) is 35.5 Å². The van der Waals surface area contributed by atoms with Crippen molar-refractivity contribution in [2.75, 3.05) is 30.9 Å². The molecule has 2 aliphatic carbocycles. The second kappa shape index (κ2) is 10.5. The van der Waals surface area contributed by atoms with E-state index in [4.69, 9.17) is 16.3 Å². The van der Waals surface area contributed by atoms with Gasteiger partial charge in [-0.3, -0.25) is 0 Å². The molecule has 4 rings (SSSR count). The van der Waals surface area contributed by atoms with Gasteiger partial charge in [0.25, 0.3) is 0 Å². The molecule has 0 unspecified atom stereocenters. The van der Waals surface area contributed by atoms with Gasteiger partial charge in [0, 0.05) is 49.1 Å². The zero-order chi connectivity index (χ0) is 23.4. The van der Waals surface area contributed by atoms with Crippen LogP contribution in [0, 0.1) is 11.2 Å². The van der Waals surface area contributed by atoms with Crippen molar-refractivity contribution in [3.8, 4) is 11.1 Å². The van der Waals surface area contributed by atoms with E-state index in [1.54, 1.807) is 19.4 Å². The Hall–Kier alpha value is -1.96. The van der Waals surface area contributed by atoms with Crippen molar-refractivity contribution in [1.29, 1.82) is 0 Å². The molecule has 0 radical (unpaired) electrons. The Kier molecular flexibility index (Phi) is 7.72. The molecule has 2 aromatic heterocycles. The maximum Gasteiger partial charge on any atom is 0.152 e. The number of hydrogen-bond donors (Lipinski definition) is 3. The van der Waals surface area contributed by atoms with Crippen LogP contribution in [0.25, 0.3) is 11.1 Å². The highest BCUT2D eigenvalue weighted by Crippen LogP contribution is 2.45. The Morgan fingerprint density at radius 2 is 1.88 bits per heavy atom. The fraction of sp³-hybridized carbons (Fsp3) is 0.600. The second-order valence-corrected chi connectivity index (χ2v) is 10.3. The molecule has 0 amide bonds. The van der Waals surface area contributed by atoms with E-state index in [1.165, 1.54) is 19.0 Å². The fourth-order valence-electron chi connectivity index (χ4n) is 4.47. The van der Waals surface area contributed by atoms with E-state index in [-0.39, 0.29) is 5.82 Å². The lowest BCUT2D eigenvalue weighted by atomic mass is 9.90. The number of anilines is 2. The number of pyridine rings is 2. The smallest absolute Gasteiger partial charge is 0.152 e. The molecular formula is C25H35ClFN5O. The summed E-state index contributed by atoms with van der Waals surface area (Å²) in [5.74, 6) is 0.315. The average molecular weight is 476 g/mol. The van der Waals surface area contributed by atoms with Gasteiger partial charge in [-0.1, -0.05) is 18.5 Å². The highest BCUT2D eigenvalue weighted by atomic mass is 35.5. The average Bonchev–Trinajstić information content (AvgIpc) is 3.53. The topological polar surface area (TPSA) is 71.1 Å². The first-order valence-electron chi connectivity index (χ1n) is 11.9. The Morgan fingerprint density at radius 3 is 2.58 bits per heavy atom. The fourth-order valence-corrected chi connectivity index (χ4v) is 4.64. The quantitative estimate of drug-likeness (QED) is 0.394. The minimum absolute atomic E-state index is 0.325. The van der Waals surface area contributed by atoms with Gasteiger partial charge >= 0.3 is 0 Å². The van der Waals surface area contributed by atoms with Crippen LogP contribution >= 0.6 is 11.6 Å². The van der Waals surface area contributed by atoms with Gasteiger partial charge in [0.2, 0.25) is 0 Å². The number of methoxy groups -OCH3 is 1. The molecule has 2 fully saturated rings. The standard InChI is InChI=1S/C25H35ClFN5O/c1-16(14-33-3)31-18-4-6-19(7-5-18)32-23-11-20(21(27)13-28-23)17-10-22(24(26)29-12-17)30-15-25(2)8-9-25/h10-13,16,18-19,30-31H,4-9,14-15H2,1-3H3,(H,28,32)/t16-,18?,19?/m1/s1. The number of halogens is 2. The van der Waals surface area contributed by atoms with Crippen molar-refractivity contribution in [3.63, 3.8) is 0 Å². The third-order valence-electron chi connectivity index (χ3n) is 6.83. The largest absolute Gasteiger partial charge is 0.383 e. The lowest BCUT2D eigenvalue weighted by Crippen LogP contribution is -2.42. The summed E-state index contributed by atoms with van der Waals surface area (Å²) in [6, 6.07) is 4.84. The van der Waals surface area contributed by atoms with Crippen molar-refractivity contribution >= 4 is 23.1 Å². The third kappa shape index (κ3) is 6.55. The molecule has 33 heavy (non-hydrogen) atoms. The van der Waals surface area contributed by atoms with E-state index in [0.29, 0.717) is 45.6 Å². The highest BCUT2D eigenvalue weighted by molar-refractivity contribution is 6.32. The van der Waals surface area contributed by atoms with Crippen LogP contribution in [0.5, 0.6) is 0 Å². The summed E-state index contributed by atoms with van der Waals surface area (Å²) in [6.07, 6.45) is 9.59. The maximum atomic E-state index is 14.7. The van der Waals surface area contributed by atoms with Gasteiger partial charge in [0.05, 0.1) is 18.5 Å². The van der Waals surface area contributed by atoms with Gasteiger partial charge < -0.3 is 20.7 Å². The SMILES string of the molecule is COC[C@@H](C)NC1CCC(Nc2cc(-c3cnc(Cl)c(NCC4(C)CC4)c3)c(F)cn2)CC1. The zero-order valence-electron chi connectivity index (χ0n) is 19.8. The van der Waals surface area contributed by atoms with Crippen molar-refractivity contribution in [2.45, 2.75) is 70.5 Å². The number of nitrogens with zero attached hydrogens (tertiary/aromatic N) is 2. The first-order valence-corrected chi connectivity index (χ1v) is 12.3. The van der Waals surface area contributed by atoms with E-state index in [9.17, 15) is 4.39 Å². The van der Waals surface area contributed by atoms with Crippen molar-refractivity contribution in [2.24, 2.45) is 5.41 Å². The van der Waals surface area contributed by atoms with E-state index < -0.39 is 0 Å². The Balaban J connectivity index is 1.39. The first kappa shape index (κ1) is 24.2. The molecule has 180 valence electrons. The van der Waals surface area contributed by atoms with Crippen LogP contribution in [0.4, 0.5) is 15.9 Å². The van der Waals surface area contributed by atoms with Crippen molar-refractivity contribution < 1.29 is 9.13 Å². The van der Waals surface area contributed by atoms with Crippen LogP contribution in [0.3, 0.4) is 0 Å². The number of hydrogen-bond acceptors (Lipinski definition) is 6. The molecule has 6 nitrogen and oxygen atoms in total. The summed E-state index contributed by atoms with van der Waals surface area (Å²) in [5.41, 5.74) is 2.22. The Morgan fingerprint density at radius 1 is 1.15 bits per heavy atom. The van der Waals surface area contributed by atoms with Crippen LogP contribution < -0.4 is 16.0 Å². The molecule has 2 heterocycles. The maximum absolute atomic E-state index is 14.7.